The summed E-state index contributed by atoms with van der Waals surface area (Å²) in [4.78, 5) is 12.2. The number of aryl methyl sites for hydroxylation is 1. The van der Waals surface area contributed by atoms with Crippen LogP contribution in [0.2, 0.25) is 0 Å². The van der Waals surface area contributed by atoms with Crippen LogP contribution >= 0.6 is 0 Å². The average Bonchev–Trinajstić information content (AvgIpc) is 2.92. The van der Waals surface area contributed by atoms with Crippen molar-refractivity contribution in [3.05, 3.63) is 41.3 Å². The van der Waals surface area contributed by atoms with E-state index in [1.54, 1.807) is 0 Å². The Morgan fingerprint density at radius 2 is 2.19 bits per heavy atom. The molecule has 1 saturated heterocycles. The zero-order valence-corrected chi connectivity index (χ0v) is 11.9. The highest BCUT2D eigenvalue weighted by Crippen LogP contribution is 2.24. The number of amides is 1. The quantitative estimate of drug-likeness (QED) is 0.841. The summed E-state index contributed by atoms with van der Waals surface area (Å²) >= 11 is 0. The van der Waals surface area contributed by atoms with Crippen molar-refractivity contribution in [2.24, 2.45) is 0 Å². The lowest BCUT2D eigenvalue weighted by molar-refractivity contribution is -0.112. The highest BCUT2D eigenvalue weighted by atomic mass is 16.4. The minimum absolute atomic E-state index is 0.0554. The smallest absolute Gasteiger partial charge is 0.251 e. The van der Waals surface area contributed by atoms with Crippen LogP contribution in [0, 0.1) is 6.92 Å². The monoisotopic (exact) mass is 284 g/mol. The average molecular weight is 284 g/mol. The maximum absolute atomic E-state index is 12.2. The Morgan fingerprint density at radius 3 is 2.76 bits per heavy atom. The second kappa shape index (κ2) is 5.49. The molecule has 0 aliphatic carbocycles. The van der Waals surface area contributed by atoms with Gasteiger partial charge in [-0.1, -0.05) is 0 Å². The molecule has 1 aliphatic rings. The van der Waals surface area contributed by atoms with Crippen LogP contribution in [0.5, 0.6) is 0 Å². The van der Waals surface area contributed by atoms with E-state index < -0.39 is 0 Å². The third kappa shape index (κ3) is 2.71. The zero-order chi connectivity index (χ0) is 14.8. The fourth-order valence-electron chi connectivity index (χ4n) is 2.13. The molecule has 0 unspecified atom stereocenters. The lowest BCUT2D eigenvalue weighted by Gasteiger charge is -2.21. The minimum Gasteiger partial charge on any atom is -0.423 e. The molecule has 1 amide bonds. The van der Waals surface area contributed by atoms with Crippen molar-refractivity contribution in [2.75, 3.05) is 18.4 Å². The molecule has 0 radical (unpaired) electrons. The van der Waals surface area contributed by atoms with Crippen molar-refractivity contribution >= 4 is 11.6 Å². The number of benzene rings is 1. The number of aromatic nitrogens is 2. The van der Waals surface area contributed by atoms with Crippen molar-refractivity contribution in [3.63, 3.8) is 0 Å². The van der Waals surface area contributed by atoms with Gasteiger partial charge in [-0.2, -0.15) is 0 Å². The van der Waals surface area contributed by atoms with E-state index in [1.807, 2.05) is 32.0 Å². The Balaban J connectivity index is 1.79. The lowest BCUT2D eigenvalue weighted by atomic mass is 10.0. The first-order valence-electron chi connectivity index (χ1n) is 6.73. The fourth-order valence-corrected chi connectivity index (χ4v) is 2.13. The van der Waals surface area contributed by atoms with Crippen molar-refractivity contribution < 1.29 is 9.21 Å². The Hall–Kier alpha value is -2.47. The number of anilines is 1. The molecule has 1 aromatic heterocycles. The van der Waals surface area contributed by atoms with Gasteiger partial charge >= 0.3 is 0 Å². The minimum atomic E-state index is -0.0554. The summed E-state index contributed by atoms with van der Waals surface area (Å²) in [7, 11) is 0. The first-order chi connectivity index (χ1) is 10.1. The normalized spacial score (nSPS) is 13.7. The van der Waals surface area contributed by atoms with E-state index >= 15 is 0 Å². The molecule has 2 aromatic rings. The molecule has 3 rings (SSSR count). The van der Waals surface area contributed by atoms with Gasteiger partial charge in [-0.15, -0.1) is 10.2 Å². The summed E-state index contributed by atoms with van der Waals surface area (Å²) < 4.78 is 5.16. The number of rotatable bonds is 3. The number of nitrogens with zero attached hydrogens (tertiary/aromatic N) is 2. The number of hydrogen-bond donors (Lipinski definition) is 2. The lowest BCUT2D eigenvalue weighted by Crippen LogP contribution is -2.36. The van der Waals surface area contributed by atoms with Crippen LogP contribution in [-0.4, -0.2) is 29.2 Å². The Kier molecular flexibility index (Phi) is 3.53. The predicted octanol–water partition coefficient (Wildman–Crippen LogP) is 1.90. The Labute approximate surface area is 122 Å². The second-order valence-electron chi connectivity index (χ2n) is 5.06. The number of hydrogen-bond acceptors (Lipinski definition) is 5. The molecule has 0 atom stereocenters. The van der Waals surface area contributed by atoms with Gasteiger partial charge < -0.3 is 15.1 Å². The van der Waals surface area contributed by atoms with Crippen molar-refractivity contribution in [3.8, 4) is 11.5 Å². The van der Waals surface area contributed by atoms with Crippen LogP contribution in [0.1, 0.15) is 12.5 Å². The van der Waals surface area contributed by atoms with Crippen molar-refractivity contribution in [1.82, 2.24) is 15.5 Å². The summed E-state index contributed by atoms with van der Waals surface area (Å²) in [5, 5.41) is 13.6. The first-order valence-corrected chi connectivity index (χ1v) is 6.73. The topological polar surface area (TPSA) is 80.1 Å². The third-order valence-electron chi connectivity index (χ3n) is 3.63. The van der Waals surface area contributed by atoms with Crippen molar-refractivity contribution in [1.29, 1.82) is 0 Å². The maximum Gasteiger partial charge on any atom is 0.251 e. The van der Waals surface area contributed by atoms with E-state index in [0.29, 0.717) is 5.89 Å². The van der Waals surface area contributed by atoms with E-state index in [1.165, 1.54) is 6.39 Å². The first kappa shape index (κ1) is 13.5. The molecule has 0 bridgehead atoms. The summed E-state index contributed by atoms with van der Waals surface area (Å²) in [6.07, 6.45) is 1.29. The molecule has 6 nitrogen and oxygen atoms in total. The molecule has 0 spiro atoms. The summed E-state index contributed by atoms with van der Waals surface area (Å²) in [6, 6.07) is 5.61. The fraction of sp³-hybridized carbons (Fsp3) is 0.267. The maximum atomic E-state index is 12.2. The molecule has 0 saturated carbocycles. The molecule has 21 heavy (non-hydrogen) atoms. The van der Waals surface area contributed by atoms with Gasteiger partial charge in [0.05, 0.1) is 0 Å². The molecule has 2 N–H and O–H groups in total. The van der Waals surface area contributed by atoms with Gasteiger partial charge in [-0.05, 0) is 43.2 Å². The SMILES string of the molecule is CC(C(=O)Nc1ccc(-c2nnco2)cc1C)=C1CNC1. The number of carbonyl (C=O) groups excluding carboxylic acids is 1. The van der Waals surface area contributed by atoms with Gasteiger partial charge in [0.25, 0.3) is 5.91 Å². The van der Waals surface area contributed by atoms with Crippen LogP contribution < -0.4 is 10.6 Å². The molecule has 108 valence electrons. The van der Waals surface area contributed by atoms with Gasteiger partial charge in [0, 0.05) is 29.9 Å². The van der Waals surface area contributed by atoms with Gasteiger partial charge in [0.15, 0.2) is 0 Å². The molecule has 1 aliphatic heterocycles. The third-order valence-corrected chi connectivity index (χ3v) is 3.63. The van der Waals surface area contributed by atoms with Gasteiger partial charge in [-0.25, -0.2) is 0 Å². The number of carbonyl (C=O) groups is 1. The summed E-state index contributed by atoms with van der Waals surface area (Å²) in [5.41, 5.74) is 4.52. The van der Waals surface area contributed by atoms with E-state index in [-0.39, 0.29) is 5.91 Å². The molecule has 1 fully saturated rings. The highest BCUT2D eigenvalue weighted by Gasteiger charge is 2.16. The van der Waals surface area contributed by atoms with Crippen LogP contribution in [-0.2, 0) is 4.79 Å². The van der Waals surface area contributed by atoms with E-state index in [2.05, 4.69) is 20.8 Å². The van der Waals surface area contributed by atoms with Crippen LogP contribution in [0.15, 0.2) is 40.2 Å². The summed E-state index contributed by atoms with van der Waals surface area (Å²) in [6.45, 7) is 5.39. The zero-order valence-electron chi connectivity index (χ0n) is 11.9. The Morgan fingerprint density at radius 1 is 1.38 bits per heavy atom. The summed E-state index contributed by atoms with van der Waals surface area (Å²) in [5.74, 6) is 0.412. The molecule has 6 heteroatoms. The standard InChI is InChI=1S/C15H16N4O2/c1-9-5-11(15-19-17-8-21-15)3-4-13(9)18-14(20)10(2)12-6-16-7-12/h3-5,8,16H,6-7H2,1-2H3,(H,18,20). The van der Waals surface area contributed by atoms with Crippen molar-refractivity contribution in [2.45, 2.75) is 13.8 Å². The Bertz CT molecular complexity index is 698. The van der Waals surface area contributed by atoms with Gasteiger partial charge in [0.2, 0.25) is 12.3 Å². The van der Waals surface area contributed by atoms with E-state index in [9.17, 15) is 4.79 Å². The molecular formula is C15H16N4O2. The highest BCUT2D eigenvalue weighted by molar-refractivity contribution is 6.04. The van der Waals surface area contributed by atoms with Crippen LogP contribution in [0.25, 0.3) is 11.5 Å². The molecule has 2 heterocycles. The number of nitrogens with one attached hydrogen (secondary N) is 2. The predicted molar refractivity (Wildman–Crippen MR) is 78.7 cm³/mol. The molecular weight excluding hydrogens is 268 g/mol. The van der Waals surface area contributed by atoms with Gasteiger partial charge in [-0.3, -0.25) is 4.79 Å². The molecule has 1 aromatic carbocycles. The van der Waals surface area contributed by atoms with E-state index in [4.69, 9.17) is 4.42 Å². The largest absolute Gasteiger partial charge is 0.423 e. The van der Waals surface area contributed by atoms with Crippen LogP contribution in [0.3, 0.4) is 0 Å². The van der Waals surface area contributed by atoms with E-state index in [0.717, 1.165) is 41.1 Å². The van der Waals surface area contributed by atoms with Gasteiger partial charge in [0.1, 0.15) is 0 Å². The second-order valence-corrected chi connectivity index (χ2v) is 5.06. The van der Waals surface area contributed by atoms with Crippen LogP contribution in [0.4, 0.5) is 5.69 Å².